The number of fused-ring (bicyclic) bond motifs is 3. The molecule has 0 spiro atoms. The van der Waals surface area contributed by atoms with Gasteiger partial charge < -0.3 is 13.6 Å². The molecule has 206 valence electrons. The molecule has 0 N–H and O–H groups in total. The highest BCUT2D eigenvalue weighted by molar-refractivity contribution is 9.11. The van der Waals surface area contributed by atoms with Gasteiger partial charge in [-0.3, -0.25) is 0 Å². The third kappa shape index (κ3) is 5.59. The SMILES string of the molecule is O=P(Oc1ccc(Br)c2c(Cl)cccc12)(Oc1ccc(Br)c2c(Cl)cccc12)Oc1ccc(Br)c2c(Cl)cccc12. The minimum absolute atomic E-state index is 0.257. The fourth-order valence-corrected chi connectivity index (χ4v) is 8.70. The van der Waals surface area contributed by atoms with Crippen molar-refractivity contribution in [3.05, 3.63) is 119 Å². The summed E-state index contributed by atoms with van der Waals surface area (Å²) in [4.78, 5) is 0. The van der Waals surface area contributed by atoms with E-state index in [0.29, 0.717) is 47.4 Å². The zero-order valence-corrected chi connectivity index (χ0v) is 28.4. The molecule has 0 atom stereocenters. The van der Waals surface area contributed by atoms with Crippen LogP contribution in [0.15, 0.2) is 104 Å². The van der Waals surface area contributed by atoms with E-state index in [1.54, 1.807) is 72.8 Å². The van der Waals surface area contributed by atoms with Gasteiger partial charge in [-0.25, -0.2) is 0 Å². The van der Waals surface area contributed by atoms with Crippen LogP contribution in [0.25, 0.3) is 32.3 Å². The monoisotopic (exact) mass is 812 g/mol. The molecule has 11 heteroatoms. The topological polar surface area (TPSA) is 44.8 Å². The zero-order valence-electron chi connectivity index (χ0n) is 20.5. The molecule has 6 aromatic rings. The van der Waals surface area contributed by atoms with Crippen LogP contribution < -0.4 is 13.6 Å². The molecule has 6 rings (SSSR count). The predicted octanol–water partition coefficient (Wildman–Crippen LogP) is 13.0. The lowest BCUT2D eigenvalue weighted by atomic mass is 10.1. The van der Waals surface area contributed by atoms with Crippen molar-refractivity contribution in [2.24, 2.45) is 0 Å². The van der Waals surface area contributed by atoms with Crippen LogP contribution in [0, 0.1) is 0 Å². The summed E-state index contributed by atoms with van der Waals surface area (Å²) >= 11 is 30.1. The lowest BCUT2D eigenvalue weighted by molar-refractivity contribution is 0.302. The standard InChI is InChI=1S/C30H15Br3Cl3O4P/c31-19-10-13-25(16-4-1-7-22(34)28(16)19)38-41(37,39-26-14-11-20(32)29-17(26)5-2-8-23(29)35)40-27-15-12-21(33)30-18(27)6-3-9-24(30)36/h1-15H. The third-order valence-corrected chi connectivity index (χ3v) is 10.5. The molecule has 0 aliphatic heterocycles. The molecule has 0 radical (unpaired) electrons. The Balaban J connectivity index is 1.53. The van der Waals surface area contributed by atoms with Crippen LogP contribution in [0.1, 0.15) is 0 Å². The number of hydrogen-bond donors (Lipinski definition) is 0. The maximum absolute atomic E-state index is 14.8. The molecule has 0 aromatic heterocycles. The van der Waals surface area contributed by atoms with Crippen LogP contribution in [0.2, 0.25) is 15.1 Å². The van der Waals surface area contributed by atoms with Crippen LogP contribution in [0.4, 0.5) is 0 Å². The van der Waals surface area contributed by atoms with Crippen molar-refractivity contribution >= 4 is 123 Å². The molecule has 0 heterocycles. The summed E-state index contributed by atoms with van der Waals surface area (Å²) in [5, 5.41) is 5.43. The Morgan fingerprint density at radius 3 is 1.05 bits per heavy atom. The van der Waals surface area contributed by atoms with Crippen molar-refractivity contribution in [2.45, 2.75) is 0 Å². The molecule has 0 aliphatic rings. The highest BCUT2D eigenvalue weighted by Crippen LogP contribution is 2.55. The summed E-state index contributed by atoms with van der Waals surface area (Å²) in [6.07, 6.45) is 0. The van der Waals surface area contributed by atoms with E-state index in [4.69, 9.17) is 48.4 Å². The molecule has 6 aromatic carbocycles. The third-order valence-electron chi connectivity index (χ3n) is 6.33. The van der Waals surface area contributed by atoms with Gasteiger partial charge in [-0.15, -0.1) is 0 Å². The Kier molecular flexibility index (Phi) is 8.25. The van der Waals surface area contributed by atoms with Gasteiger partial charge >= 0.3 is 7.82 Å². The van der Waals surface area contributed by atoms with Crippen molar-refractivity contribution in [3.63, 3.8) is 0 Å². The van der Waals surface area contributed by atoms with E-state index in [0.717, 1.165) is 13.4 Å². The molecule has 0 unspecified atom stereocenters. The Morgan fingerprint density at radius 1 is 0.463 bits per heavy atom. The minimum Gasteiger partial charge on any atom is -0.385 e. The number of phosphoric ester groups is 1. The van der Waals surface area contributed by atoms with E-state index in [1.165, 1.54) is 0 Å². The molecular weight excluding hydrogens is 801 g/mol. The number of phosphoric acid groups is 1. The molecule has 41 heavy (non-hydrogen) atoms. The molecule has 0 aliphatic carbocycles. The first-order valence-electron chi connectivity index (χ1n) is 11.9. The second kappa shape index (κ2) is 11.6. The van der Waals surface area contributed by atoms with Crippen LogP contribution in [-0.4, -0.2) is 0 Å². The van der Waals surface area contributed by atoms with Gasteiger partial charge in [0, 0.05) is 60.8 Å². The number of benzene rings is 6. The summed E-state index contributed by atoms with van der Waals surface area (Å²) < 4.78 is 35.6. The Morgan fingerprint density at radius 2 is 0.756 bits per heavy atom. The van der Waals surface area contributed by atoms with Gasteiger partial charge in [0.15, 0.2) is 0 Å². The van der Waals surface area contributed by atoms with Gasteiger partial charge in [-0.1, -0.05) is 119 Å². The van der Waals surface area contributed by atoms with Crippen molar-refractivity contribution in [1.29, 1.82) is 0 Å². The zero-order chi connectivity index (χ0) is 28.9. The first-order chi connectivity index (χ1) is 19.6. The largest absolute Gasteiger partial charge is 0.647 e. The van der Waals surface area contributed by atoms with E-state index in [2.05, 4.69) is 47.8 Å². The van der Waals surface area contributed by atoms with Gasteiger partial charge in [-0.2, -0.15) is 4.57 Å². The van der Waals surface area contributed by atoms with E-state index in [9.17, 15) is 4.57 Å². The molecule has 0 saturated heterocycles. The summed E-state index contributed by atoms with van der Waals surface area (Å²) in [6.45, 7) is 0. The maximum atomic E-state index is 14.8. The summed E-state index contributed by atoms with van der Waals surface area (Å²) in [6, 6.07) is 26.4. The quantitative estimate of drug-likeness (QED) is 0.157. The second-order valence-corrected chi connectivity index (χ2v) is 14.1. The normalized spacial score (nSPS) is 11.8. The Labute approximate surface area is 275 Å². The Bertz CT molecular complexity index is 1800. The first-order valence-corrected chi connectivity index (χ1v) is 16.9. The van der Waals surface area contributed by atoms with Gasteiger partial charge in [0.2, 0.25) is 0 Å². The predicted molar refractivity (Wildman–Crippen MR) is 179 cm³/mol. The fraction of sp³-hybridized carbons (Fsp3) is 0. The number of halogens is 6. The maximum Gasteiger partial charge on any atom is 0.647 e. The van der Waals surface area contributed by atoms with Crippen molar-refractivity contribution < 1.29 is 18.1 Å². The van der Waals surface area contributed by atoms with Crippen molar-refractivity contribution in [2.75, 3.05) is 0 Å². The second-order valence-electron chi connectivity index (χ2n) is 8.84. The summed E-state index contributed by atoms with van der Waals surface area (Å²) in [5.74, 6) is 0.772. The van der Waals surface area contributed by atoms with Crippen molar-refractivity contribution in [3.8, 4) is 17.2 Å². The van der Waals surface area contributed by atoms with E-state index in [-0.39, 0.29) is 17.2 Å². The highest BCUT2D eigenvalue weighted by atomic mass is 79.9. The molecule has 4 nitrogen and oxygen atoms in total. The molecule has 0 saturated carbocycles. The molecule has 0 bridgehead atoms. The number of rotatable bonds is 6. The van der Waals surface area contributed by atoms with Gasteiger partial charge in [0.1, 0.15) is 17.2 Å². The van der Waals surface area contributed by atoms with E-state index in [1.807, 2.05) is 18.2 Å². The summed E-state index contributed by atoms with van der Waals surface area (Å²) in [5.41, 5.74) is 0. The lowest BCUT2D eigenvalue weighted by Gasteiger charge is -2.22. The minimum atomic E-state index is -4.46. The molecule has 0 fully saturated rings. The van der Waals surface area contributed by atoms with Crippen LogP contribution in [-0.2, 0) is 4.57 Å². The lowest BCUT2D eigenvalue weighted by Crippen LogP contribution is -2.08. The van der Waals surface area contributed by atoms with Gasteiger partial charge in [0.25, 0.3) is 0 Å². The Hall–Kier alpha value is -1.96. The smallest absolute Gasteiger partial charge is 0.385 e. The average Bonchev–Trinajstić information content (AvgIpc) is 2.94. The van der Waals surface area contributed by atoms with Gasteiger partial charge in [0.05, 0.1) is 0 Å². The summed E-state index contributed by atoms with van der Waals surface area (Å²) in [7, 11) is -4.46. The van der Waals surface area contributed by atoms with Crippen molar-refractivity contribution in [1.82, 2.24) is 0 Å². The highest BCUT2D eigenvalue weighted by Gasteiger charge is 2.35. The van der Waals surface area contributed by atoms with E-state index < -0.39 is 7.82 Å². The molecular formula is C30H15Br3Cl3O4P. The van der Waals surface area contributed by atoms with Crippen LogP contribution >= 0.6 is 90.4 Å². The molecule has 0 amide bonds. The fourth-order valence-electron chi connectivity index (χ4n) is 4.54. The van der Waals surface area contributed by atoms with Gasteiger partial charge in [-0.05, 0) is 54.6 Å². The van der Waals surface area contributed by atoms with Crippen LogP contribution in [0.5, 0.6) is 17.2 Å². The number of hydrogen-bond acceptors (Lipinski definition) is 4. The van der Waals surface area contributed by atoms with Crippen LogP contribution in [0.3, 0.4) is 0 Å². The average molecular weight is 816 g/mol. The first kappa shape index (κ1) is 29.1. The van der Waals surface area contributed by atoms with E-state index >= 15 is 0 Å².